The molecule has 12 heavy (non-hydrogen) atoms. The zero-order valence-corrected chi connectivity index (χ0v) is 6.81. The summed E-state index contributed by atoms with van der Waals surface area (Å²) in [6.45, 7) is 1.54. The van der Waals surface area contributed by atoms with Crippen LogP contribution in [0.25, 0.3) is 0 Å². The van der Waals surface area contributed by atoms with Crippen LogP contribution in [-0.2, 0) is 0 Å². The quantitative estimate of drug-likeness (QED) is 0.530. The van der Waals surface area contributed by atoms with E-state index in [0.29, 0.717) is 0 Å². The Bertz CT molecular complexity index is 246. The predicted molar refractivity (Wildman–Crippen MR) is 46.6 cm³/mol. The van der Waals surface area contributed by atoms with Crippen molar-refractivity contribution in [2.45, 2.75) is 13.2 Å². The summed E-state index contributed by atoms with van der Waals surface area (Å²) >= 11 is 0. The fourth-order valence-corrected chi connectivity index (χ4v) is 0.683. The molecule has 1 atom stereocenters. The molecule has 0 heterocycles. The van der Waals surface area contributed by atoms with Crippen LogP contribution in [0.15, 0.2) is 40.7 Å². The lowest BCUT2D eigenvalue weighted by Crippen LogP contribution is -1.94. The molecule has 0 amide bonds. The smallest absolute Gasteiger partial charge is 0.164 e. The van der Waals surface area contributed by atoms with Gasteiger partial charge in [0.05, 0.1) is 5.69 Å². The van der Waals surface area contributed by atoms with Crippen molar-refractivity contribution in [2.24, 2.45) is 10.3 Å². The third-order valence-corrected chi connectivity index (χ3v) is 1.18. The Morgan fingerprint density at radius 3 is 2.58 bits per heavy atom. The first-order chi connectivity index (χ1) is 5.79. The van der Waals surface area contributed by atoms with E-state index in [0.717, 1.165) is 5.69 Å². The van der Waals surface area contributed by atoms with Crippen LogP contribution in [0.5, 0.6) is 0 Å². The van der Waals surface area contributed by atoms with Gasteiger partial charge in [0.15, 0.2) is 6.23 Å². The van der Waals surface area contributed by atoms with Crippen molar-refractivity contribution < 1.29 is 5.11 Å². The molecule has 1 rings (SSSR count). The number of rotatable bonds is 3. The van der Waals surface area contributed by atoms with E-state index in [9.17, 15) is 0 Å². The van der Waals surface area contributed by atoms with Gasteiger partial charge in [-0.25, -0.2) is 0 Å². The van der Waals surface area contributed by atoms with E-state index < -0.39 is 6.23 Å². The van der Waals surface area contributed by atoms with Crippen molar-refractivity contribution >= 4 is 5.69 Å². The van der Waals surface area contributed by atoms with E-state index in [4.69, 9.17) is 5.11 Å². The lowest BCUT2D eigenvalue weighted by atomic mass is 10.3. The Hall–Kier alpha value is -1.42. The Labute approximate surface area is 70.9 Å². The van der Waals surface area contributed by atoms with E-state index in [1.807, 2.05) is 30.3 Å². The first-order valence-corrected chi connectivity index (χ1v) is 3.68. The third-order valence-electron chi connectivity index (χ3n) is 1.18. The Balaban J connectivity index is 2.43. The summed E-state index contributed by atoms with van der Waals surface area (Å²) in [7, 11) is 0. The number of hydrogen-bond acceptors (Lipinski definition) is 3. The van der Waals surface area contributed by atoms with Gasteiger partial charge in [-0.2, -0.15) is 0 Å². The highest BCUT2D eigenvalue weighted by Gasteiger charge is 1.87. The summed E-state index contributed by atoms with van der Waals surface area (Å²) in [5.74, 6) is 0. The molecule has 0 aliphatic carbocycles. The molecule has 1 unspecified atom stereocenters. The molecule has 0 aromatic heterocycles. The highest BCUT2D eigenvalue weighted by Crippen LogP contribution is 2.04. The van der Waals surface area contributed by atoms with Gasteiger partial charge in [0, 0.05) is 0 Å². The Morgan fingerprint density at radius 2 is 2.00 bits per heavy atom. The monoisotopic (exact) mass is 165 g/mol. The summed E-state index contributed by atoms with van der Waals surface area (Å²) in [4.78, 5) is 0. The van der Waals surface area contributed by atoms with Crippen LogP contribution in [0, 0.1) is 0 Å². The number of anilines is 1. The highest BCUT2D eigenvalue weighted by molar-refractivity contribution is 5.41. The molecule has 0 bridgehead atoms. The Kier molecular flexibility index (Phi) is 3.22. The van der Waals surface area contributed by atoms with Crippen LogP contribution in [0.4, 0.5) is 5.69 Å². The van der Waals surface area contributed by atoms with Gasteiger partial charge in [-0.15, -0.1) is 5.11 Å². The fourth-order valence-electron chi connectivity index (χ4n) is 0.683. The molecule has 0 aliphatic rings. The number of benzene rings is 1. The molecule has 2 N–H and O–H groups in total. The molecule has 0 fully saturated rings. The van der Waals surface area contributed by atoms with Gasteiger partial charge < -0.3 is 5.11 Å². The van der Waals surface area contributed by atoms with Crippen molar-refractivity contribution in [3.63, 3.8) is 0 Å². The summed E-state index contributed by atoms with van der Waals surface area (Å²) in [6, 6.07) is 9.42. The van der Waals surface area contributed by atoms with Gasteiger partial charge in [0.25, 0.3) is 0 Å². The van der Waals surface area contributed by atoms with Crippen LogP contribution < -0.4 is 5.43 Å². The molecule has 0 spiro atoms. The Morgan fingerprint density at radius 1 is 1.33 bits per heavy atom. The van der Waals surface area contributed by atoms with E-state index in [2.05, 4.69) is 15.8 Å². The van der Waals surface area contributed by atoms with Gasteiger partial charge in [0.1, 0.15) is 0 Å². The summed E-state index contributed by atoms with van der Waals surface area (Å²) in [5, 5.41) is 15.8. The van der Waals surface area contributed by atoms with Crippen LogP contribution >= 0.6 is 0 Å². The van der Waals surface area contributed by atoms with Crippen LogP contribution in [0.1, 0.15) is 6.92 Å². The first kappa shape index (κ1) is 8.67. The van der Waals surface area contributed by atoms with Gasteiger partial charge in [-0.3, -0.25) is 5.43 Å². The number of para-hydroxylation sites is 1. The minimum atomic E-state index is -0.763. The number of nitrogens with one attached hydrogen (secondary N) is 1. The van der Waals surface area contributed by atoms with Crippen molar-refractivity contribution in [3.8, 4) is 0 Å². The minimum Gasteiger partial charge on any atom is -0.370 e. The van der Waals surface area contributed by atoms with Gasteiger partial charge in [-0.05, 0) is 19.1 Å². The molecule has 0 saturated heterocycles. The number of aliphatic hydroxyl groups is 1. The fraction of sp³-hybridized carbons (Fsp3) is 0.250. The van der Waals surface area contributed by atoms with Gasteiger partial charge in [0.2, 0.25) is 0 Å². The molecule has 0 saturated carbocycles. The SMILES string of the molecule is CC(O)N=NNc1ccccc1. The zero-order chi connectivity index (χ0) is 8.81. The molecular weight excluding hydrogens is 154 g/mol. The number of hydrogen-bond donors (Lipinski definition) is 2. The summed E-state index contributed by atoms with van der Waals surface area (Å²) < 4.78 is 0. The van der Waals surface area contributed by atoms with E-state index in [1.165, 1.54) is 6.92 Å². The summed E-state index contributed by atoms with van der Waals surface area (Å²) in [6.07, 6.45) is -0.763. The lowest BCUT2D eigenvalue weighted by Gasteiger charge is -1.97. The second-order valence-electron chi connectivity index (χ2n) is 2.33. The average molecular weight is 165 g/mol. The minimum absolute atomic E-state index is 0.763. The van der Waals surface area contributed by atoms with E-state index >= 15 is 0 Å². The first-order valence-electron chi connectivity index (χ1n) is 3.68. The molecule has 1 aromatic carbocycles. The van der Waals surface area contributed by atoms with Crippen LogP contribution in [0.2, 0.25) is 0 Å². The maximum atomic E-state index is 8.73. The topological polar surface area (TPSA) is 57.0 Å². The maximum Gasteiger partial charge on any atom is 0.164 e. The maximum absolute atomic E-state index is 8.73. The van der Waals surface area contributed by atoms with Gasteiger partial charge >= 0.3 is 0 Å². The van der Waals surface area contributed by atoms with E-state index in [-0.39, 0.29) is 0 Å². The zero-order valence-electron chi connectivity index (χ0n) is 6.81. The van der Waals surface area contributed by atoms with E-state index in [1.54, 1.807) is 0 Å². The molecule has 64 valence electrons. The highest BCUT2D eigenvalue weighted by atomic mass is 16.3. The lowest BCUT2D eigenvalue weighted by molar-refractivity contribution is 0.196. The second kappa shape index (κ2) is 4.46. The predicted octanol–water partition coefficient (Wildman–Crippen LogP) is 1.80. The van der Waals surface area contributed by atoms with Crippen LogP contribution in [-0.4, -0.2) is 11.3 Å². The van der Waals surface area contributed by atoms with Crippen molar-refractivity contribution in [3.05, 3.63) is 30.3 Å². The average Bonchev–Trinajstić information content (AvgIpc) is 2.05. The number of nitrogens with zero attached hydrogens (tertiary/aromatic N) is 2. The second-order valence-corrected chi connectivity index (χ2v) is 2.33. The largest absolute Gasteiger partial charge is 0.370 e. The molecule has 4 heteroatoms. The molecule has 0 radical (unpaired) electrons. The molecule has 4 nitrogen and oxygen atoms in total. The third kappa shape index (κ3) is 3.12. The molecule has 1 aromatic rings. The van der Waals surface area contributed by atoms with Gasteiger partial charge in [-0.1, -0.05) is 23.4 Å². The molecular formula is C8H11N3O. The van der Waals surface area contributed by atoms with Crippen molar-refractivity contribution in [1.82, 2.24) is 0 Å². The van der Waals surface area contributed by atoms with Crippen molar-refractivity contribution in [2.75, 3.05) is 5.43 Å². The van der Waals surface area contributed by atoms with Crippen LogP contribution in [0.3, 0.4) is 0 Å². The summed E-state index contributed by atoms with van der Waals surface area (Å²) in [5.41, 5.74) is 3.52. The number of aliphatic hydroxyl groups excluding tert-OH is 1. The van der Waals surface area contributed by atoms with Crippen molar-refractivity contribution in [1.29, 1.82) is 0 Å². The molecule has 0 aliphatic heterocycles. The normalized spacial score (nSPS) is 13.2. The standard InChI is InChI=1S/C8H11N3O/c1-7(12)9-11-10-8-5-3-2-4-6-8/h2-7,12H,1H3,(H,9,10).